The molecule has 88 valence electrons. The van der Waals surface area contributed by atoms with E-state index in [1.54, 1.807) is 0 Å². The van der Waals surface area contributed by atoms with Crippen LogP contribution in [-0.2, 0) is 6.54 Å². The van der Waals surface area contributed by atoms with Crippen LogP contribution in [0.5, 0.6) is 0 Å². The molecule has 17 heavy (non-hydrogen) atoms. The van der Waals surface area contributed by atoms with Gasteiger partial charge in [-0.2, -0.15) is 0 Å². The Hall–Kier alpha value is -1.60. The molecule has 0 bridgehead atoms. The maximum Gasteiger partial charge on any atom is 0.109 e. The summed E-state index contributed by atoms with van der Waals surface area (Å²) in [6.07, 6.45) is 0. The third kappa shape index (κ3) is 3.43. The molecule has 0 saturated heterocycles. The van der Waals surface area contributed by atoms with Crippen LogP contribution in [0.1, 0.15) is 29.7 Å². The standard InChI is InChI=1S/C16H19N/c1-13-8-10-15(11-9-13)12-17-14(2)16-6-4-3-5-7-16/h3-11,14,17H,12H2,1-2H3/p+1/t14-/m0/s1. The summed E-state index contributed by atoms with van der Waals surface area (Å²) in [7, 11) is 0. The Morgan fingerprint density at radius 2 is 1.59 bits per heavy atom. The van der Waals surface area contributed by atoms with Gasteiger partial charge in [-0.05, 0) is 13.8 Å². The van der Waals surface area contributed by atoms with Gasteiger partial charge in [0.2, 0.25) is 0 Å². The lowest BCUT2D eigenvalue weighted by Gasteiger charge is -2.11. The number of quaternary nitrogens is 1. The maximum atomic E-state index is 2.38. The zero-order valence-electron chi connectivity index (χ0n) is 10.6. The zero-order chi connectivity index (χ0) is 12.1. The second kappa shape index (κ2) is 5.65. The Morgan fingerprint density at radius 1 is 0.941 bits per heavy atom. The summed E-state index contributed by atoms with van der Waals surface area (Å²) >= 11 is 0. The molecule has 0 amide bonds. The van der Waals surface area contributed by atoms with Crippen molar-refractivity contribution in [3.63, 3.8) is 0 Å². The van der Waals surface area contributed by atoms with Crippen molar-refractivity contribution >= 4 is 0 Å². The Bertz CT molecular complexity index is 445. The molecule has 1 heteroatoms. The van der Waals surface area contributed by atoms with Gasteiger partial charge in [-0.15, -0.1) is 0 Å². The lowest BCUT2D eigenvalue weighted by Crippen LogP contribution is -2.83. The smallest absolute Gasteiger partial charge is 0.109 e. The third-order valence-corrected chi connectivity index (χ3v) is 3.15. The fourth-order valence-electron chi connectivity index (χ4n) is 1.93. The second-order valence-corrected chi connectivity index (χ2v) is 4.62. The minimum absolute atomic E-state index is 0.512. The Labute approximate surface area is 103 Å². The van der Waals surface area contributed by atoms with Gasteiger partial charge >= 0.3 is 0 Å². The monoisotopic (exact) mass is 226 g/mol. The van der Waals surface area contributed by atoms with E-state index in [9.17, 15) is 0 Å². The predicted octanol–water partition coefficient (Wildman–Crippen LogP) is 2.82. The first-order chi connectivity index (χ1) is 8.25. The number of aryl methyl sites for hydroxylation is 1. The third-order valence-electron chi connectivity index (χ3n) is 3.15. The lowest BCUT2D eigenvalue weighted by atomic mass is 10.1. The van der Waals surface area contributed by atoms with Crippen LogP contribution >= 0.6 is 0 Å². The zero-order valence-corrected chi connectivity index (χ0v) is 10.6. The van der Waals surface area contributed by atoms with Crippen LogP contribution < -0.4 is 5.32 Å². The summed E-state index contributed by atoms with van der Waals surface area (Å²) in [6.45, 7) is 5.42. The fourth-order valence-corrected chi connectivity index (χ4v) is 1.93. The summed E-state index contributed by atoms with van der Waals surface area (Å²) in [5, 5.41) is 2.38. The molecule has 0 saturated carbocycles. The van der Waals surface area contributed by atoms with Crippen molar-refractivity contribution in [2.45, 2.75) is 26.4 Å². The van der Waals surface area contributed by atoms with Gasteiger partial charge in [0.1, 0.15) is 12.6 Å². The molecule has 0 radical (unpaired) electrons. The maximum absolute atomic E-state index is 2.38. The number of benzene rings is 2. The highest BCUT2D eigenvalue weighted by Crippen LogP contribution is 2.07. The lowest BCUT2D eigenvalue weighted by molar-refractivity contribution is -0.707. The van der Waals surface area contributed by atoms with Crippen molar-refractivity contribution in [3.8, 4) is 0 Å². The molecule has 0 fully saturated rings. The van der Waals surface area contributed by atoms with Crippen LogP contribution in [0, 0.1) is 6.92 Å². The predicted molar refractivity (Wildman–Crippen MR) is 71.7 cm³/mol. The molecule has 2 N–H and O–H groups in total. The average molecular weight is 226 g/mol. The molecule has 1 nitrogen and oxygen atoms in total. The molecule has 0 heterocycles. The van der Waals surface area contributed by atoms with Crippen molar-refractivity contribution in [1.29, 1.82) is 0 Å². The number of rotatable bonds is 4. The van der Waals surface area contributed by atoms with E-state index in [2.05, 4.69) is 73.8 Å². The summed E-state index contributed by atoms with van der Waals surface area (Å²) in [5.41, 5.74) is 4.10. The molecule has 2 aromatic rings. The van der Waals surface area contributed by atoms with E-state index in [1.165, 1.54) is 16.7 Å². The first-order valence-electron chi connectivity index (χ1n) is 6.19. The topological polar surface area (TPSA) is 16.6 Å². The Kier molecular flexibility index (Phi) is 3.94. The van der Waals surface area contributed by atoms with E-state index < -0.39 is 0 Å². The highest BCUT2D eigenvalue weighted by Gasteiger charge is 2.07. The van der Waals surface area contributed by atoms with Crippen LogP contribution in [0.2, 0.25) is 0 Å². The second-order valence-electron chi connectivity index (χ2n) is 4.62. The van der Waals surface area contributed by atoms with Crippen molar-refractivity contribution in [3.05, 3.63) is 71.3 Å². The van der Waals surface area contributed by atoms with Crippen molar-refractivity contribution in [2.24, 2.45) is 0 Å². The van der Waals surface area contributed by atoms with Crippen LogP contribution in [0.3, 0.4) is 0 Å². The minimum atomic E-state index is 0.512. The molecule has 0 aliphatic carbocycles. The summed E-state index contributed by atoms with van der Waals surface area (Å²) in [5.74, 6) is 0. The van der Waals surface area contributed by atoms with Crippen LogP contribution in [-0.4, -0.2) is 0 Å². The van der Waals surface area contributed by atoms with Gasteiger partial charge in [-0.25, -0.2) is 0 Å². The van der Waals surface area contributed by atoms with E-state index >= 15 is 0 Å². The highest BCUT2D eigenvalue weighted by molar-refractivity contribution is 5.20. The Balaban J connectivity index is 1.92. The average Bonchev–Trinajstić information content (AvgIpc) is 2.39. The highest BCUT2D eigenvalue weighted by atomic mass is 14.9. The fraction of sp³-hybridized carbons (Fsp3) is 0.250. The van der Waals surface area contributed by atoms with Gasteiger partial charge in [-0.1, -0.05) is 60.2 Å². The van der Waals surface area contributed by atoms with Gasteiger partial charge in [-0.3, -0.25) is 0 Å². The SMILES string of the molecule is Cc1ccc(C[NH2+][C@@H](C)c2ccccc2)cc1. The van der Waals surface area contributed by atoms with Crippen molar-refractivity contribution < 1.29 is 5.32 Å². The van der Waals surface area contributed by atoms with Gasteiger partial charge in [0.05, 0.1) is 0 Å². The van der Waals surface area contributed by atoms with Gasteiger partial charge in [0.25, 0.3) is 0 Å². The molecule has 0 aliphatic rings. The summed E-state index contributed by atoms with van der Waals surface area (Å²) < 4.78 is 0. The molecule has 2 aromatic carbocycles. The number of nitrogens with two attached hydrogens (primary N) is 1. The van der Waals surface area contributed by atoms with E-state index in [4.69, 9.17) is 0 Å². The van der Waals surface area contributed by atoms with Crippen LogP contribution in [0.25, 0.3) is 0 Å². The first kappa shape index (κ1) is 11.9. The van der Waals surface area contributed by atoms with Crippen molar-refractivity contribution in [1.82, 2.24) is 0 Å². The molecule has 0 aliphatic heterocycles. The molecule has 0 spiro atoms. The normalized spacial score (nSPS) is 12.4. The first-order valence-corrected chi connectivity index (χ1v) is 6.19. The minimum Gasteiger partial charge on any atom is -0.337 e. The van der Waals surface area contributed by atoms with Crippen molar-refractivity contribution in [2.75, 3.05) is 0 Å². The number of hydrogen-bond donors (Lipinski definition) is 1. The van der Waals surface area contributed by atoms with E-state index in [0.29, 0.717) is 6.04 Å². The molecule has 1 atom stereocenters. The molecular weight excluding hydrogens is 206 g/mol. The van der Waals surface area contributed by atoms with Crippen LogP contribution in [0.4, 0.5) is 0 Å². The van der Waals surface area contributed by atoms with E-state index in [1.807, 2.05) is 0 Å². The van der Waals surface area contributed by atoms with Gasteiger partial charge in [0, 0.05) is 11.1 Å². The van der Waals surface area contributed by atoms with E-state index in [0.717, 1.165) is 6.54 Å². The number of hydrogen-bond acceptors (Lipinski definition) is 0. The van der Waals surface area contributed by atoms with Gasteiger partial charge in [0.15, 0.2) is 0 Å². The largest absolute Gasteiger partial charge is 0.337 e. The van der Waals surface area contributed by atoms with Gasteiger partial charge < -0.3 is 5.32 Å². The van der Waals surface area contributed by atoms with E-state index in [-0.39, 0.29) is 0 Å². The quantitative estimate of drug-likeness (QED) is 0.825. The molecule has 0 unspecified atom stereocenters. The molecule has 0 aromatic heterocycles. The van der Waals surface area contributed by atoms with Crippen LogP contribution in [0.15, 0.2) is 54.6 Å². The molecule has 2 rings (SSSR count). The Morgan fingerprint density at radius 3 is 2.24 bits per heavy atom. The molecular formula is C16H20N+. The summed E-state index contributed by atoms with van der Waals surface area (Å²) in [6, 6.07) is 19.9. The summed E-state index contributed by atoms with van der Waals surface area (Å²) in [4.78, 5) is 0.